The van der Waals surface area contributed by atoms with E-state index in [-0.39, 0.29) is 43.5 Å². The second-order valence-electron chi connectivity index (χ2n) is 8.54. The SMILES string of the molecule is CCCCCC(=O)N1CC(C(=O)O)N(S(=O)(=O)c2ccc(OCC#CCOC)cc2)Cc2ccccc21. The molecule has 0 fully saturated rings. The van der Waals surface area contributed by atoms with E-state index in [1.54, 1.807) is 24.3 Å². The second-order valence-corrected chi connectivity index (χ2v) is 10.4. The smallest absolute Gasteiger partial charge is 0.323 e. The van der Waals surface area contributed by atoms with Gasteiger partial charge >= 0.3 is 5.97 Å². The number of carbonyl (C=O) groups is 2. The van der Waals surface area contributed by atoms with Crippen molar-refractivity contribution in [3.05, 3.63) is 54.1 Å². The third-order valence-corrected chi connectivity index (χ3v) is 7.84. The monoisotopic (exact) mass is 528 g/mol. The van der Waals surface area contributed by atoms with Crippen LogP contribution in [-0.4, -0.2) is 62.6 Å². The van der Waals surface area contributed by atoms with Crippen LogP contribution in [0, 0.1) is 11.8 Å². The number of rotatable bonds is 10. The lowest BCUT2D eigenvalue weighted by molar-refractivity contribution is -0.141. The molecule has 37 heavy (non-hydrogen) atoms. The van der Waals surface area contributed by atoms with Gasteiger partial charge in [0.1, 0.15) is 25.0 Å². The number of amides is 1. The van der Waals surface area contributed by atoms with E-state index >= 15 is 0 Å². The molecule has 10 heteroatoms. The molecule has 1 unspecified atom stereocenters. The van der Waals surface area contributed by atoms with Crippen molar-refractivity contribution in [1.29, 1.82) is 0 Å². The van der Waals surface area contributed by atoms with Crippen LogP contribution in [0.15, 0.2) is 53.4 Å². The van der Waals surface area contributed by atoms with Gasteiger partial charge in [0.15, 0.2) is 0 Å². The summed E-state index contributed by atoms with van der Waals surface area (Å²) in [6.45, 7) is 1.97. The molecule has 0 aliphatic carbocycles. The standard InChI is InChI=1S/C27H32N2O7S/c1-3-4-5-12-26(30)28-20-25(27(31)32)29(19-21-10-6-7-11-24(21)28)37(33,34)23-15-13-22(14-16-23)36-18-9-8-17-35-2/h6-7,10-11,13-16,25H,3-5,12,17-20H2,1-2H3,(H,31,32). The molecule has 198 valence electrons. The number of ether oxygens (including phenoxy) is 2. The van der Waals surface area contributed by atoms with E-state index in [0.717, 1.165) is 17.1 Å². The fourth-order valence-electron chi connectivity index (χ4n) is 4.04. The Balaban J connectivity index is 1.90. The fourth-order valence-corrected chi connectivity index (χ4v) is 5.59. The highest BCUT2D eigenvalue weighted by Crippen LogP contribution is 2.32. The number of sulfonamides is 1. The Kier molecular flexibility index (Phi) is 10.1. The molecular formula is C27H32N2O7S. The van der Waals surface area contributed by atoms with Crippen molar-refractivity contribution in [2.45, 2.75) is 50.1 Å². The highest BCUT2D eigenvalue weighted by molar-refractivity contribution is 7.89. The summed E-state index contributed by atoms with van der Waals surface area (Å²) in [4.78, 5) is 26.8. The molecule has 1 amide bonds. The van der Waals surface area contributed by atoms with Crippen LogP contribution in [0.2, 0.25) is 0 Å². The van der Waals surface area contributed by atoms with Gasteiger partial charge in [-0.3, -0.25) is 9.59 Å². The van der Waals surface area contributed by atoms with Crippen LogP contribution in [-0.2, 0) is 30.9 Å². The van der Waals surface area contributed by atoms with E-state index < -0.39 is 22.0 Å². The van der Waals surface area contributed by atoms with Gasteiger partial charge in [-0.05, 0) is 42.3 Å². The maximum absolute atomic E-state index is 13.7. The van der Waals surface area contributed by atoms with Crippen LogP contribution < -0.4 is 9.64 Å². The van der Waals surface area contributed by atoms with Crippen molar-refractivity contribution in [1.82, 2.24) is 4.31 Å². The first-order chi connectivity index (χ1) is 17.8. The van der Waals surface area contributed by atoms with Crippen LogP contribution in [0.4, 0.5) is 5.69 Å². The molecule has 0 aromatic heterocycles. The largest absolute Gasteiger partial charge is 0.481 e. The van der Waals surface area contributed by atoms with Gasteiger partial charge in [-0.15, -0.1) is 0 Å². The third kappa shape index (κ3) is 7.10. The molecule has 3 rings (SSSR count). The number of carboxylic acid groups (broad SMARTS) is 1. The Morgan fingerprint density at radius 2 is 1.76 bits per heavy atom. The highest BCUT2D eigenvalue weighted by Gasteiger charge is 2.41. The van der Waals surface area contributed by atoms with Crippen molar-refractivity contribution in [3.63, 3.8) is 0 Å². The van der Waals surface area contributed by atoms with Gasteiger partial charge < -0.3 is 19.5 Å². The first-order valence-electron chi connectivity index (χ1n) is 12.1. The first-order valence-corrected chi connectivity index (χ1v) is 13.5. The lowest BCUT2D eigenvalue weighted by atomic mass is 10.1. The topological polar surface area (TPSA) is 113 Å². The number of aliphatic carboxylic acids is 1. The average Bonchev–Trinajstić information content (AvgIpc) is 3.07. The van der Waals surface area contributed by atoms with Gasteiger partial charge in [0.05, 0.1) is 11.4 Å². The van der Waals surface area contributed by atoms with Gasteiger partial charge in [0, 0.05) is 25.8 Å². The molecule has 1 heterocycles. The van der Waals surface area contributed by atoms with E-state index in [0.29, 0.717) is 23.4 Å². The summed E-state index contributed by atoms with van der Waals surface area (Å²) in [5.41, 5.74) is 1.10. The molecule has 0 bridgehead atoms. The zero-order valence-electron chi connectivity index (χ0n) is 21.1. The Bertz CT molecular complexity index is 1250. The first kappa shape index (κ1) is 28.2. The molecule has 9 nitrogen and oxygen atoms in total. The van der Waals surface area contributed by atoms with Gasteiger partial charge in [-0.1, -0.05) is 49.8 Å². The summed E-state index contributed by atoms with van der Waals surface area (Å²) < 4.78 is 38.6. The molecule has 1 aliphatic heterocycles. The van der Waals surface area contributed by atoms with Crippen LogP contribution in [0.1, 0.15) is 38.2 Å². The van der Waals surface area contributed by atoms with E-state index in [1.807, 2.05) is 6.92 Å². The number of fused-ring (bicyclic) bond motifs is 1. The average molecular weight is 529 g/mol. The molecule has 2 aromatic rings. The summed E-state index contributed by atoms with van der Waals surface area (Å²) in [6.07, 6.45) is 2.76. The third-order valence-electron chi connectivity index (χ3n) is 5.97. The van der Waals surface area contributed by atoms with Gasteiger partial charge in [0.2, 0.25) is 15.9 Å². The Hall–Kier alpha value is -3.39. The molecule has 0 radical (unpaired) electrons. The number of benzene rings is 2. The quantitative estimate of drug-likeness (QED) is 0.372. The predicted molar refractivity (Wildman–Crippen MR) is 139 cm³/mol. The minimum atomic E-state index is -4.23. The molecule has 0 spiro atoms. The van der Waals surface area contributed by atoms with Crippen LogP contribution >= 0.6 is 0 Å². The number of methoxy groups -OCH3 is 1. The lowest BCUT2D eigenvalue weighted by Crippen LogP contribution is -2.50. The van der Waals surface area contributed by atoms with Crippen molar-refractivity contribution >= 4 is 27.6 Å². The lowest BCUT2D eigenvalue weighted by Gasteiger charge is -2.28. The van der Waals surface area contributed by atoms with Crippen molar-refractivity contribution in [2.75, 3.05) is 31.8 Å². The van der Waals surface area contributed by atoms with Gasteiger partial charge in [-0.25, -0.2) is 8.42 Å². The minimum Gasteiger partial charge on any atom is -0.481 e. The predicted octanol–water partition coefficient (Wildman–Crippen LogP) is 3.29. The summed E-state index contributed by atoms with van der Waals surface area (Å²) in [5.74, 6) is 4.41. The van der Waals surface area contributed by atoms with E-state index in [9.17, 15) is 23.1 Å². The second kappa shape index (κ2) is 13.2. The maximum atomic E-state index is 13.7. The summed E-state index contributed by atoms with van der Waals surface area (Å²) in [6, 6.07) is 11.2. The van der Waals surface area contributed by atoms with Crippen molar-refractivity contribution in [3.8, 4) is 17.6 Å². The summed E-state index contributed by atoms with van der Waals surface area (Å²) >= 11 is 0. The molecule has 0 saturated heterocycles. The molecule has 1 aliphatic rings. The number of anilines is 1. The Morgan fingerprint density at radius 3 is 2.43 bits per heavy atom. The van der Waals surface area contributed by atoms with Gasteiger partial charge in [-0.2, -0.15) is 4.31 Å². The van der Waals surface area contributed by atoms with Crippen LogP contribution in [0.3, 0.4) is 0 Å². The minimum absolute atomic E-state index is 0.0724. The molecule has 1 atom stereocenters. The number of para-hydroxylation sites is 1. The zero-order chi connectivity index (χ0) is 26.8. The normalized spacial score (nSPS) is 15.7. The number of hydrogen-bond donors (Lipinski definition) is 1. The van der Waals surface area contributed by atoms with Gasteiger partial charge in [0.25, 0.3) is 0 Å². The number of unbranched alkanes of at least 4 members (excludes halogenated alkanes) is 2. The van der Waals surface area contributed by atoms with E-state index in [2.05, 4.69) is 11.8 Å². The molecule has 1 N–H and O–H groups in total. The number of nitrogens with zero attached hydrogens (tertiary/aromatic N) is 2. The van der Waals surface area contributed by atoms with Crippen molar-refractivity contribution < 1.29 is 32.6 Å². The fraction of sp³-hybridized carbons (Fsp3) is 0.407. The zero-order valence-corrected chi connectivity index (χ0v) is 21.9. The maximum Gasteiger partial charge on any atom is 0.323 e. The molecular weight excluding hydrogens is 496 g/mol. The Labute approximate surface area is 218 Å². The van der Waals surface area contributed by atoms with Crippen LogP contribution in [0.5, 0.6) is 5.75 Å². The summed E-state index contributed by atoms with van der Waals surface area (Å²) in [7, 11) is -2.69. The molecule has 0 saturated carbocycles. The van der Waals surface area contributed by atoms with Crippen LogP contribution in [0.25, 0.3) is 0 Å². The van der Waals surface area contributed by atoms with E-state index in [4.69, 9.17) is 9.47 Å². The summed E-state index contributed by atoms with van der Waals surface area (Å²) in [5, 5.41) is 10.1. The van der Waals surface area contributed by atoms with E-state index in [1.165, 1.54) is 36.3 Å². The number of hydrogen-bond acceptors (Lipinski definition) is 6. The number of carbonyl (C=O) groups excluding carboxylic acids is 1. The number of carboxylic acids is 1. The highest BCUT2D eigenvalue weighted by atomic mass is 32.2. The Morgan fingerprint density at radius 1 is 1.05 bits per heavy atom. The molecule has 2 aromatic carbocycles. The van der Waals surface area contributed by atoms with Crippen molar-refractivity contribution in [2.24, 2.45) is 0 Å².